The first-order chi connectivity index (χ1) is 9.60. The molecule has 0 aliphatic rings. The van der Waals surface area contributed by atoms with E-state index in [1.165, 1.54) is 5.56 Å². The molecule has 0 radical (unpaired) electrons. The van der Waals surface area contributed by atoms with Crippen LogP contribution in [0.2, 0.25) is 0 Å². The van der Waals surface area contributed by atoms with Crippen molar-refractivity contribution in [2.24, 2.45) is 0 Å². The molecule has 3 aromatic rings. The van der Waals surface area contributed by atoms with Crippen molar-refractivity contribution in [2.45, 2.75) is 40.0 Å². The molecule has 4 nitrogen and oxygen atoms in total. The maximum atomic E-state index is 5.70. The van der Waals surface area contributed by atoms with Crippen molar-refractivity contribution in [1.82, 2.24) is 14.5 Å². The second-order valence-electron chi connectivity index (χ2n) is 5.39. The van der Waals surface area contributed by atoms with Gasteiger partial charge in [0.2, 0.25) is 0 Å². The fraction of sp³-hybridized carbons (Fsp3) is 0.375. The molecular formula is C16H19N3O. The highest BCUT2D eigenvalue weighted by Crippen LogP contribution is 2.26. The third kappa shape index (κ3) is 2.01. The van der Waals surface area contributed by atoms with Crippen molar-refractivity contribution in [3.05, 3.63) is 41.5 Å². The van der Waals surface area contributed by atoms with Gasteiger partial charge < -0.3 is 4.42 Å². The smallest absolute Gasteiger partial charge is 0.307 e. The van der Waals surface area contributed by atoms with Crippen molar-refractivity contribution in [3.8, 4) is 6.01 Å². The van der Waals surface area contributed by atoms with E-state index >= 15 is 0 Å². The molecule has 0 spiro atoms. The zero-order valence-corrected chi connectivity index (χ0v) is 12.3. The van der Waals surface area contributed by atoms with Crippen LogP contribution in [0.15, 0.2) is 28.8 Å². The first-order valence-electron chi connectivity index (χ1n) is 7.04. The molecule has 0 atom stereocenters. The number of aryl methyl sites for hydroxylation is 2. The molecule has 4 heteroatoms. The number of fused-ring (bicyclic) bond motifs is 1. The molecule has 0 saturated heterocycles. The fourth-order valence-electron chi connectivity index (χ4n) is 2.40. The van der Waals surface area contributed by atoms with Crippen molar-refractivity contribution < 1.29 is 4.42 Å². The summed E-state index contributed by atoms with van der Waals surface area (Å²) in [4.78, 5) is 9.12. The van der Waals surface area contributed by atoms with Gasteiger partial charge in [0.1, 0.15) is 11.6 Å². The van der Waals surface area contributed by atoms with Gasteiger partial charge in [-0.25, -0.2) is 14.5 Å². The summed E-state index contributed by atoms with van der Waals surface area (Å²) in [6, 6.07) is 6.98. The summed E-state index contributed by atoms with van der Waals surface area (Å²) in [5.74, 6) is 2.09. The van der Waals surface area contributed by atoms with Gasteiger partial charge in [0.05, 0.1) is 17.2 Å². The van der Waals surface area contributed by atoms with Crippen molar-refractivity contribution >= 4 is 11.0 Å². The molecule has 20 heavy (non-hydrogen) atoms. The molecule has 2 heterocycles. The average molecular weight is 269 g/mol. The van der Waals surface area contributed by atoms with E-state index in [1.54, 1.807) is 6.20 Å². The Hall–Kier alpha value is -2.10. The van der Waals surface area contributed by atoms with Gasteiger partial charge in [-0.05, 0) is 31.0 Å². The summed E-state index contributed by atoms with van der Waals surface area (Å²) in [5.41, 5.74) is 3.35. The normalized spacial score (nSPS) is 11.7. The van der Waals surface area contributed by atoms with Gasteiger partial charge in [0.25, 0.3) is 0 Å². The van der Waals surface area contributed by atoms with Crippen LogP contribution >= 0.6 is 0 Å². The molecule has 104 valence electrons. The van der Waals surface area contributed by atoms with Crippen molar-refractivity contribution in [2.75, 3.05) is 0 Å². The quantitative estimate of drug-likeness (QED) is 0.721. The number of hydrogen-bond acceptors (Lipinski definition) is 3. The summed E-state index contributed by atoms with van der Waals surface area (Å²) >= 11 is 0. The monoisotopic (exact) mass is 269 g/mol. The van der Waals surface area contributed by atoms with Gasteiger partial charge in [-0.2, -0.15) is 0 Å². The molecule has 0 fully saturated rings. The van der Waals surface area contributed by atoms with Crippen LogP contribution in [0.1, 0.15) is 43.8 Å². The van der Waals surface area contributed by atoms with Crippen LogP contribution in [-0.2, 0) is 6.42 Å². The number of oxazole rings is 1. The number of aromatic nitrogens is 3. The predicted octanol–water partition coefficient (Wildman–Crippen LogP) is 4.01. The summed E-state index contributed by atoms with van der Waals surface area (Å²) in [6.07, 6.45) is 2.75. The summed E-state index contributed by atoms with van der Waals surface area (Å²) in [5, 5.41) is 0. The Balaban J connectivity index is 2.29. The minimum absolute atomic E-state index is 0.305. The Labute approximate surface area is 118 Å². The van der Waals surface area contributed by atoms with Crippen LogP contribution in [0.4, 0.5) is 0 Å². The summed E-state index contributed by atoms with van der Waals surface area (Å²) in [6.45, 7) is 8.32. The Morgan fingerprint density at radius 1 is 1.30 bits per heavy atom. The lowest BCUT2D eigenvalue weighted by molar-refractivity contribution is 0.496. The van der Waals surface area contributed by atoms with Crippen LogP contribution < -0.4 is 0 Å². The number of rotatable bonds is 3. The fourth-order valence-corrected chi connectivity index (χ4v) is 2.40. The van der Waals surface area contributed by atoms with Gasteiger partial charge in [-0.1, -0.05) is 26.8 Å². The van der Waals surface area contributed by atoms with Gasteiger partial charge in [0, 0.05) is 5.92 Å². The topological polar surface area (TPSA) is 43.9 Å². The predicted molar refractivity (Wildman–Crippen MR) is 79.3 cm³/mol. The van der Waals surface area contributed by atoms with E-state index < -0.39 is 0 Å². The van der Waals surface area contributed by atoms with Gasteiger partial charge in [-0.3, -0.25) is 0 Å². The lowest BCUT2D eigenvalue weighted by Gasteiger charge is -2.07. The van der Waals surface area contributed by atoms with Crippen LogP contribution in [-0.4, -0.2) is 14.5 Å². The SMILES string of the molecule is CCc1ccc2c(c1)nc(C(C)C)n2-c1ncc(C)o1. The van der Waals surface area contributed by atoms with Crippen LogP contribution in [0.25, 0.3) is 17.0 Å². The minimum Gasteiger partial charge on any atom is -0.428 e. The van der Waals surface area contributed by atoms with Crippen molar-refractivity contribution in [1.29, 1.82) is 0 Å². The molecule has 0 saturated carbocycles. The number of benzene rings is 1. The van der Waals surface area contributed by atoms with Crippen molar-refractivity contribution in [3.63, 3.8) is 0 Å². The van der Waals surface area contributed by atoms with E-state index in [1.807, 2.05) is 11.5 Å². The molecule has 3 rings (SSSR count). The van der Waals surface area contributed by atoms with E-state index in [0.717, 1.165) is 29.0 Å². The second kappa shape index (κ2) is 4.78. The minimum atomic E-state index is 0.305. The molecule has 0 bridgehead atoms. The highest BCUT2D eigenvalue weighted by molar-refractivity contribution is 5.78. The average Bonchev–Trinajstić information content (AvgIpc) is 3.00. The largest absolute Gasteiger partial charge is 0.428 e. The van der Waals surface area contributed by atoms with Gasteiger partial charge in [-0.15, -0.1) is 0 Å². The summed E-state index contributed by atoms with van der Waals surface area (Å²) in [7, 11) is 0. The first-order valence-corrected chi connectivity index (χ1v) is 7.04. The maximum Gasteiger partial charge on any atom is 0.307 e. The molecule has 1 aromatic carbocycles. The zero-order valence-electron chi connectivity index (χ0n) is 12.3. The van der Waals surface area contributed by atoms with Gasteiger partial charge in [0.15, 0.2) is 0 Å². The summed E-state index contributed by atoms with van der Waals surface area (Å²) < 4.78 is 7.72. The highest BCUT2D eigenvalue weighted by Gasteiger charge is 2.18. The molecule has 0 unspecified atom stereocenters. The number of nitrogens with zero attached hydrogens (tertiary/aromatic N) is 3. The van der Waals surface area contributed by atoms with E-state index in [2.05, 4.69) is 44.0 Å². The van der Waals surface area contributed by atoms with Crippen LogP contribution in [0.5, 0.6) is 0 Å². The first kappa shape index (κ1) is 12.9. The lowest BCUT2D eigenvalue weighted by atomic mass is 10.1. The Bertz CT molecular complexity index is 752. The standard InChI is InChI=1S/C16H19N3O/c1-5-12-6-7-14-13(8-12)18-15(10(2)3)19(14)16-17-9-11(4)20-16/h6-10H,5H2,1-4H3. The van der Waals surface area contributed by atoms with E-state index in [-0.39, 0.29) is 0 Å². The molecule has 0 aliphatic carbocycles. The van der Waals surface area contributed by atoms with Crippen LogP contribution in [0.3, 0.4) is 0 Å². The molecule has 0 amide bonds. The molecule has 0 N–H and O–H groups in total. The highest BCUT2D eigenvalue weighted by atomic mass is 16.4. The zero-order chi connectivity index (χ0) is 14.3. The Morgan fingerprint density at radius 3 is 2.70 bits per heavy atom. The third-order valence-electron chi connectivity index (χ3n) is 3.47. The van der Waals surface area contributed by atoms with E-state index in [9.17, 15) is 0 Å². The maximum absolute atomic E-state index is 5.70. The molecule has 2 aromatic heterocycles. The molecule has 0 aliphatic heterocycles. The Kier molecular flexibility index (Phi) is 3.08. The lowest BCUT2D eigenvalue weighted by Crippen LogP contribution is -2.03. The van der Waals surface area contributed by atoms with E-state index in [0.29, 0.717) is 11.9 Å². The van der Waals surface area contributed by atoms with Crippen LogP contribution in [0, 0.1) is 6.92 Å². The van der Waals surface area contributed by atoms with E-state index in [4.69, 9.17) is 9.40 Å². The third-order valence-corrected chi connectivity index (χ3v) is 3.47. The van der Waals surface area contributed by atoms with Gasteiger partial charge >= 0.3 is 6.01 Å². The number of imidazole rings is 1. The molecular weight excluding hydrogens is 250 g/mol. The second-order valence-corrected chi connectivity index (χ2v) is 5.39. The Morgan fingerprint density at radius 2 is 2.10 bits per heavy atom. The number of hydrogen-bond donors (Lipinski definition) is 0.